The van der Waals surface area contributed by atoms with Crippen LogP contribution in [0.5, 0.6) is 0 Å². The van der Waals surface area contributed by atoms with Crippen molar-refractivity contribution in [2.45, 2.75) is 6.17 Å². The van der Waals surface area contributed by atoms with Crippen LogP contribution in [0.3, 0.4) is 0 Å². The summed E-state index contributed by atoms with van der Waals surface area (Å²) in [5.41, 5.74) is 15.0. The third-order valence-corrected chi connectivity index (χ3v) is 11.9. The number of aliphatic imine (C=N–C) groups is 1. The zero-order valence-electron chi connectivity index (χ0n) is 31.5. The molecule has 0 saturated carbocycles. The molecule has 12 rings (SSSR count). The molecule has 0 spiro atoms. The zero-order valence-corrected chi connectivity index (χ0v) is 31.5. The first kappa shape index (κ1) is 32.5. The Kier molecular flexibility index (Phi) is 7.26. The fourth-order valence-corrected chi connectivity index (χ4v) is 9.33. The van der Waals surface area contributed by atoms with Gasteiger partial charge in [-0.1, -0.05) is 146 Å². The van der Waals surface area contributed by atoms with Gasteiger partial charge >= 0.3 is 0 Å². The number of fused-ring (bicyclic) bond motifs is 8. The van der Waals surface area contributed by atoms with Gasteiger partial charge < -0.3 is 14.5 Å². The molecule has 0 aliphatic carbocycles. The molecule has 1 aliphatic rings. The summed E-state index contributed by atoms with van der Waals surface area (Å²) >= 11 is 0. The van der Waals surface area contributed by atoms with Crippen molar-refractivity contribution in [3.05, 3.63) is 223 Å². The Morgan fingerprint density at radius 2 is 0.914 bits per heavy atom. The van der Waals surface area contributed by atoms with E-state index in [1.807, 2.05) is 0 Å². The highest BCUT2D eigenvalue weighted by molar-refractivity contribution is 6.17. The number of para-hydroxylation sites is 4. The molecular weight excluding hydrogens is 705 g/mol. The van der Waals surface area contributed by atoms with Crippen LogP contribution in [-0.2, 0) is 0 Å². The summed E-state index contributed by atoms with van der Waals surface area (Å²) in [6.45, 7) is 0. The second-order valence-corrected chi connectivity index (χ2v) is 15.2. The van der Waals surface area contributed by atoms with Gasteiger partial charge in [0.25, 0.3) is 0 Å². The molecule has 4 heteroatoms. The molecule has 4 nitrogen and oxygen atoms in total. The van der Waals surface area contributed by atoms with Gasteiger partial charge in [0.2, 0.25) is 0 Å². The molecule has 1 N–H and O–H groups in total. The number of rotatable bonds is 5. The van der Waals surface area contributed by atoms with Crippen molar-refractivity contribution in [2.75, 3.05) is 5.32 Å². The average molecular weight is 741 g/mol. The second kappa shape index (κ2) is 12.9. The van der Waals surface area contributed by atoms with Gasteiger partial charge in [-0.05, 0) is 77.2 Å². The van der Waals surface area contributed by atoms with E-state index in [0.717, 1.165) is 33.8 Å². The first-order valence-corrected chi connectivity index (χ1v) is 19.9. The predicted molar refractivity (Wildman–Crippen MR) is 243 cm³/mol. The lowest BCUT2D eigenvalue weighted by atomic mass is 9.95. The minimum atomic E-state index is -0.246. The van der Waals surface area contributed by atoms with Crippen molar-refractivity contribution >= 4 is 65.8 Å². The van der Waals surface area contributed by atoms with Crippen molar-refractivity contribution < 1.29 is 0 Å². The van der Waals surface area contributed by atoms with Gasteiger partial charge in [-0.25, -0.2) is 0 Å². The fraction of sp³-hybridized carbons (Fsp3) is 0.0185. The minimum absolute atomic E-state index is 0.246. The quantitative estimate of drug-likeness (QED) is 0.187. The van der Waals surface area contributed by atoms with E-state index in [4.69, 9.17) is 4.99 Å². The SMILES string of the molecule is c1ccc(C2=NC(c3ccc(-n4c5ccccc5c5cc(-c6ccc7c(c6)c6ccccc6n7-c6ccccc6)ccc54)c4ccccc34)Nc3ccccc32)cc1. The maximum atomic E-state index is 5.39. The molecule has 1 aliphatic heterocycles. The third kappa shape index (κ3) is 4.98. The van der Waals surface area contributed by atoms with Crippen LogP contribution < -0.4 is 5.32 Å². The molecule has 1 unspecified atom stereocenters. The molecular formula is C54H36N4. The molecule has 0 amide bonds. The van der Waals surface area contributed by atoms with Crippen LogP contribution >= 0.6 is 0 Å². The Balaban J connectivity index is 1.01. The Labute approximate surface area is 335 Å². The summed E-state index contributed by atoms with van der Waals surface area (Å²) in [6, 6.07) is 74.4. The van der Waals surface area contributed by atoms with Crippen LogP contribution in [0.15, 0.2) is 211 Å². The normalized spacial score (nSPS) is 13.9. The molecule has 9 aromatic carbocycles. The number of benzene rings is 9. The van der Waals surface area contributed by atoms with E-state index in [2.05, 4.69) is 221 Å². The van der Waals surface area contributed by atoms with E-state index in [9.17, 15) is 0 Å². The number of nitrogens with zero attached hydrogens (tertiary/aromatic N) is 3. The zero-order chi connectivity index (χ0) is 38.2. The topological polar surface area (TPSA) is 34.2 Å². The summed E-state index contributed by atoms with van der Waals surface area (Å²) in [4.78, 5) is 5.39. The standard InChI is InChI=1S/C54H36N4/c1-3-15-35(16-4-1)53-44-23-9-12-24-47(44)55-54(56-53)43-29-32-50(40-20-8-7-19-39(40)43)58-49-26-14-11-22-42(49)46-34-37(28-31-52(46)58)36-27-30-51-45(33-36)41-21-10-13-25-48(41)57(51)38-17-5-2-6-18-38/h1-34,54-55H. The number of hydrogen-bond donors (Lipinski definition) is 1. The largest absolute Gasteiger partial charge is 0.359 e. The molecule has 3 heterocycles. The predicted octanol–water partition coefficient (Wildman–Crippen LogP) is 13.7. The Morgan fingerprint density at radius 1 is 0.379 bits per heavy atom. The van der Waals surface area contributed by atoms with E-state index in [0.29, 0.717) is 0 Å². The van der Waals surface area contributed by atoms with Crippen LogP contribution in [0.1, 0.15) is 22.9 Å². The maximum Gasteiger partial charge on any atom is 0.146 e. The van der Waals surface area contributed by atoms with Gasteiger partial charge in [-0.3, -0.25) is 4.99 Å². The lowest BCUT2D eigenvalue weighted by molar-refractivity contribution is 0.836. The van der Waals surface area contributed by atoms with Crippen molar-refractivity contribution in [2.24, 2.45) is 4.99 Å². The highest BCUT2D eigenvalue weighted by Gasteiger charge is 2.25. The number of anilines is 1. The van der Waals surface area contributed by atoms with Crippen molar-refractivity contribution in [1.29, 1.82) is 0 Å². The van der Waals surface area contributed by atoms with Crippen LogP contribution in [0, 0.1) is 0 Å². The molecule has 0 saturated heterocycles. The summed E-state index contributed by atoms with van der Waals surface area (Å²) in [6.07, 6.45) is -0.246. The van der Waals surface area contributed by atoms with Crippen LogP contribution in [0.4, 0.5) is 5.69 Å². The minimum Gasteiger partial charge on any atom is -0.359 e. The number of nitrogens with one attached hydrogen (secondary N) is 1. The van der Waals surface area contributed by atoms with E-state index < -0.39 is 0 Å². The average Bonchev–Trinajstić information content (AvgIpc) is 3.81. The summed E-state index contributed by atoms with van der Waals surface area (Å²) in [7, 11) is 0. The van der Waals surface area contributed by atoms with Crippen molar-refractivity contribution in [3.8, 4) is 22.5 Å². The summed E-state index contributed by atoms with van der Waals surface area (Å²) in [5, 5.41) is 11.1. The maximum absolute atomic E-state index is 5.39. The Bertz CT molecular complexity index is 3430. The molecule has 2 aromatic heterocycles. The molecule has 1 atom stereocenters. The van der Waals surface area contributed by atoms with Crippen molar-refractivity contribution in [3.63, 3.8) is 0 Å². The van der Waals surface area contributed by atoms with E-state index in [1.54, 1.807) is 0 Å². The summed E-state index contributed by atoms with van der Waals surface area (Å²) < 4.78 is 4.82. The van der Waals surface area contributed by atoms with Gasteiger partial charge in [0.05, 0.1) is 33.5 Å². The van der Waals surface area contributed by atoms with Crippen LogP contribution in [0.2, 0.25) is 0 Å². The number of aromatic nitrogens is 2. The Hall–Kier alpha value is -7.69. The van der Waals surface area contributed by atoms with E-state index in [-0.39, 0.29) is 6.17 Å². The molecule has 0 fully saturated rings. The number of hydrogen-bond acceptors (Lipinski definition) is 2. The molecule has 272 valence electrons. The van der Waals surface area contributed by atoms with Gasteiger partial charge in [-0.15, -0.1) is 0 Å². The van der Waals surface area contributed by atoms with Crippen molar-refractivity contribution in [1.82, 2.24) is 9.13 Å². The van der Waals surface area contributed by atoms with Crippen LogP contribution in [-0.4, -0.2) is 14.8 Å². The van der Waals surface area contributed by atoms with E-state index >= 15 is 0 Å². The molecule has 58 heavy (non-hydrogen) atoms. The van der Waals surface area contributed by atoms with Crippen LogP contribution in [0.25, 0.3) is 76.9 Å². The van der Waals surface area contributed by atoms with Gasteiger partial charge in [0.15, 0.2) is 0 Å². The van der Waals surface area contributed by atoms with Gasteiger partial charge in [0.1, 0.15) is 6.17 Å². The monoisotopic (exact) mass is 740 g/mol. The van der Waals surface area contributed by atoms with E-state index in [1.165, 1.54) is 71.2 Å². The molecule has 0 bridgehead atoms. The van der Waals surface area contributed by atoms with Gasteiger partial charge in [-0.2, -0.15) is 0 Å². The lowest BCUT2D eigenvalue weighted by Gasteiger charge is -2.27. The second-order valence-electron chi connectivity index (χ2n) is 15.2. The first-order valence-electron chi connectivity index (χ1n) is 19.9. The smallest absolute Gasteiger partial charge is 0.146 e. The highest BCUT2D eigenvalue weighted by atomic mass is 15.1. The molecule has 11 aromatic rings. The molecule has 0 radical (unpaired) electrons. The third-order valence-electron chi connectivity index (χ3n) is 11.9. The summed E-state index contributed by atoms with van der Waals surface area (Å²) in [5.74, 6) is 0. The lowest BCUT2D eigenvalue weighted by Crippen LogP contribution is -2.21. The fourth-order valence-electron chi connectivity index (χ4n) is 9.33. The highest BCUT2D eigenvalue weighted by Crippen LogP contribution is 2.41. The Morgan fingerprint density at radius 3 is 1.62 bits per heavy atom. The van der Waals surface area contributed by atoms with Gasteiger partial charge in [0, 0.05) is 55.0 Å². The first-order chi connectivity index (χ1) is 28.8.